The number of hydrogen-bond donors (Lipinski definition) is 2. The summed E-state index contributed by atoms with van der Waals surface area (Å²) in [5.74, 6) is 5.17. The molecule has 0 spiro atoms. The van der Waals surface area contributed by atoms with Crippen LogP contribution >= 0.6 is 0 Å². The topological polar surface area (TPSA) is 56.5 Å². The quantitative estimate of drug-likeness (QED) is 0.605. The second-order valence-corrected chi connectivity index (χ2v) is 5.09. The summed E-state index contributed by atoms with van der Waals surface area (Å²) in [5.41, 5.74) is -0.396. The Bertz CT molecular complexity index is 170. The maximum atomic E-state index is 5.79. The van der Waals surface area contributed by atoms with Crippen LogP contribution in [0, 0.1) is 0 Å². The van der Waals surface area contributed by atoms with Crippen LogP contribution < -0.4 is 11.2 Å². The summed E-state index contributed by atoms with van der Waals surface area (Å²) in [7, 11) is 1.95. The Kier molecular flexibility index (Phi) is 6.36. The van der Waals surface area contributed by atoms with Gasteiger partial charge in [-0.05, 0) is 47.7 Å². The number of ether oxygens (including phenoxy) is 1. The molecular formula is C11H26N2O2. The maximum Gasteiger partial charge on any atom is 0.0859 e. The molecule has 0 aliphatic heterocycles. The highest BCUT2D eigenvalue weighted by molar-refractivity contribution is 4.72. The summed E-state index contributed by atoms with van der Waals surface area (Å²) in [6.45, 7) is 9.74. The van der Waals surface area contributed by atoms with Gasteiger partial charge >= 0.3 is 0 Å². The summed E-state index contributed by atoms with van der Waals surface area (Å²) in [6, 6.07) is 0. The van der Waals surface area contributed by atoms with E-state index in [0.717, 1.165) is 19.4 Å². The van der Waals surface area contributed by atoms with Gasteiger partial charge in [-0.25, -0.2) is 5.90 Å². The fourth-order valence-corrected chi connectivity index (χ4v) is 1.13. The van der Waals surface area contributed by atoms with Crippen LogP contribution in [-0.2, 0) is 9.57 Å². The Morgan fingerprint density at radius 1 is 1.07 bits per heavy atom. The van der Waals surface area contributed by atoms with Crippen molar-refractivity contribution < 1.29 is 9.57 Å². The van der Waals surface area contributed by atoms with Gasteiger partial charge in [-0.3, -0.25) is 4.84 Å². The van der Waals surface area contributed by atoms with Crippen molar-refractivity contribution in [3.8, 4) is 0 Å². The van der Waals surface area contributed by atoms with Crippen LogP contribution in [0.1, 0.15) is 40.5 Å². The van der Waals surface area contributed by atoms with Crippen molar-refractivity contribution in [2.75, 3.05) is 20.2 Å². The van der Waals surface area contributed by atoms with E-state index in [-0.39, 0.29) is 11.2 Å². The van der Waals surface area contributed by atoms with Crippen LogP contribution in [0.2, 0.25) is 0 Å². The molecule has 3 N–H and O–H groups in total. The summed E-state index contributed by atoms with van der Waals surface area (Å²) in [4.78, 5) is 4.84. The van der Waals surface area contributed by atoms with Gasteiger partial charge in [0.15, 0.2) is 0 Å². The van der Waals surface area contributed by atoms with E-state index < -0.39 is 0 Å². The van der Waals surface area contributed by atoms with E-state index in [1.807, 2.05) is 20.9 Å². The van der Waals surface area contributed by atoms with Crippen molar-refractivity contribution in [2.45, 2.75) is 51.7 Å². The van der Waals surface area contributed by atoms with E-state index >= 15 is 0 Å². The molecule has 0 saturated carbocycles. The zero-order valence-corrected chi connectivity index (χ0v) is 10.7. The minimum atomic E-state index is -0.306. The fraction of sp³-hybridized carbons (Fsp3) is 1.00. The van der Waals surface area contributed by atoms with Gasteiger partial charge in [-0.1, -0.05) is 0 Å². The Balaban J connectivity index is 3.74. The molecule has 0 aromatic rings. The number of hydrogen-bond acceptors (Lipinski definition) is 4. The lowest BCUT2D eigenvalue weighted by atomic mass is 10.0. The van der Waals surface area contributed by atoms with Gasteiger partial charge < -0.3 is 10.1 Å². The first-order valence-corrected chi connectivity index (χ1v) is 5.49. The summed E-state index contributed by atoms with van der Waals surface area (Å²) < 4.78 is 5.79. The third-order valence-electron chi connectivity index (χ3n) is 2.49. The molecule has 0 atom stereocenters. The molecule has 0 aliphatic carbocycles. The molecule has 92 valence electrons. The Morgan fingerprint density at radius 3 is 2.13 bits per heavy atom. The van der Waals surface area contributed by atoms with E-state index in [1.165, 1.54) is 0 Å². The predicted molar refractivity (Wildman–Crippen MR) is 62.5 cm³/mol. The summed E-state index contributed by atoms with van der Waals surface area (Å²) in [5, 5.41) is 3.12. The zero-order valence-electron chi connectivity index (χ0n) is 10.7. The Labute approximate surface area is 93.5 Å². The van der Waals surface area contributed by atoms with E-state index in [2.05, 4.69) is 19.2 Å². The first kappa shape index (κ1) is 14.8. The van der Waals surface area contributed by atoms with Crippen LogP contribution in [0.3, 0.4) is 0 Å². The van der Waals surface area contributed by atoms with Crippen LogP contribution in [-0.4, -0.2) is 31.4 Å². The molecule has 0 aliphatic rings. The molecule has 0 bridgehead atoms. The molecule has 15 heavy (non-hydrogen) atoms. The second kappa shape index (κ2) is 6.43. The third kappa shape index (κ3) is 7.73. The first-order chi connectivity index (χ1) is 6.83. The number of nitrogens with one attached hydrogen (secondary N) is 1. The third-order valence-corrected chi connectivity index (χ3v) is 2.49. The minimum Gasteiger partial charge on any atom is -0.375 e. The normalized spacial score (nSPS) is 13.2. The molecule has 0 rings (SSSR count). The van der Waals surface area contributed by atoms with Crippen molar-refractivity contribution in [1.29, 1.82) is 0 Å². The molecule has 0 fully saturated rings. The largest absolute Gasteiger partial charge is 0.375 e. The number of nitrogens with two attached hydrogens (primary N) is 1. The molecule has 0 heterocycles. The Hall–Kier alpha value is -0.160. The van der Waals surface area contributed by atoms with E-state index in [0.29, 0.717) is 6.61 Å². The monoisotopic (exact) mass is 218 g/mol. The average molecular weight is 218 g/mol. The van der Waals surface area contributed by atoms with Gasteiger partial charge in [-0.15, -0.1) is 0 Å². The van der Waals surface area contributed by atoms with Crippen LogP contribution in [0.4, 0.5) is 0 Å². The summed E-state index contributed by atoms with van der Waals surface area (Å²) in [6.07, 6.45) is 1.79. The van der Waals surface area contributed by atoms with Crippen LogP contribution in [0.5, 0.6) is 0 Å². The summed E-state index contributed by atoms with van der Waals surface area (Å²) >= 11 is 0. The van der Waals surface area contributed by atoms with E-state index in [1.54, 1.807) is 0 Å². The minimum absolute atomic E-state index is 0.0896. The van der Waals surface area contributed by atoms with E-state index in [4.69, 9.17) is 15.5 Å². The average Bonchev–Trinajstić information content (AvgIpc) is 2.14. The van der Waals surface area contributed by atoms with Crippen molar-refractivity contribution in [1.82, 2.24) is 5.32 Å². The fourth-order valence-electron chi connectivity index (χ4n) is 1.13. The van der Waals surface area contributed by atoms with Crippen molar-refractivity contribution in [3.05, 3.63) is 0 Å². The van der Waals surface area contributed by atoms with Gasteiger partial charge in [0.25, 0.3) is 0 Å². The second-order valence-electron chi connectivity index (χ2n) is 5.09. The zero-order chi connectivity index (χ0) is 11.9. The van der Waals surface area contributed by atoms with E-state index in [9.17, 15) is 0 Å². The predicted octanol–water partition coefficient (Wildman–Crippen LogP) is 1.45. The highest BCUT2D eigenvalue weighted by Crippen LogP contribution is 2.17. The van der Waals surface area contributed by atoms with Gasteiger partial charge in [-0.2, -0.15) is 0 Å². The highest BCUT2D eigenvalue weighted by Gasteiger charge is 2.21. The molecule has 0 aromatic heterocycles. The molecule has 4 heteroatoms. The molecule has 0 unspecified atom stereocenters. The lowest BCUT2D eigenvalue weighted by molar-refractivity contribution is -0.0753. The molecular weight excluding hydrogens is 192 g/mol. The molecule has 0 amide bonds. The maximum absolute atomic E-state index is 5.79. The van der Waals surface area contributed by atoms with Gasteiger partial charge in [0.05, 0.1) is 17.8 Å². The van der Waals surface area contributed by atoms with Crippen molar-refractivity contribution in [3.63, 3.8) is 0 Å². The number of rotatable bonds is 8. The van der Waals surface area contributed by atoms with Gasteiger partial charge in [0.2, 0.25) is 0 Å². The van der Waals surface area contributed by atoms with Crippen molar-refractivity contribution in [2.24, 2.45) is 5.90 Å². The van der Waals surface area contributed by atoms with Crippen LogP contribution in [0.25, 0.3) is 0 Å². The van der Waals surface area contributed by atoms with Gasteiger partial charge in [0, 0.05) is 6.42 Å². The smallest absolute Gasteiger partial charge is 0.0859 e. The lowest BCUT2D eigenvalue weighted by Gasteiger charge is -2.28. The lowest BCUT2D eigenvalue weighted by Crippen LogP contribution is -2.34. The molecule has 0 radical (unpaired) electrons. The van der Waals surface area contributed by atoms with Gasteiger partial charge in [0.1, 0.15) is 0 Å². The highest BCUT2D eigenvalue weighted by atomic mass is 16.6. The van der Waals surface area contributed by atoms with Crippen LogP contribution in [0.15, 0.2) is 0 Å². The first-order valence-electron chi connectivity index (χ1n) is 5.49. The molecule has 0 aromatic carbocycles. The van der Waals surface area contributed by atoms with Crippen molar-refractivity contribution >= 4 is 0 Å². The SMILES string of the molecule is CNCCC(C)(C)OCCC(C)(C)ON. The standard InChI is InChI=1S/C11H26N2O2/c1-10(2,6-8-13-5)14-9-7-11(3,4)15-12/h13H,6-9,12H2,1-5H3. The Morgan fingerprint density at radius 2 is 1.67 bits per heavy atom. The molecule has 0 saturated heterocycles. The molecule has 4 nitrogen and oxygen atoms in total.